The quantitative estimate of drug-likeness (QED) is 0.686. The summed E-state index contributed by atoms with van der Waals surface area (Å²) in [7, 11) is -3.81. The SMILES string of the molecule is C[C@@](O)(C(=O)Nc1ccc(S(=O)(=O)N2CCNCC2)cc1Cl)C(F)(F)F. The highest BCUT2D eigenvalue weighted by molar-refractivity contribution is 7.89. The van der Waals surface area contributed by atoms with Gasteiger partial charge in [-0.15, -0.1) is 0 Å². The Morgan fingerprint density at radius 3 is 2.38 bits per heavy atom. The molecule has 0 bridgehead atoms. The molecule has 1 saturated heterocycles. The number of nitrogens with zero attached hydrogens (tertiary/aromatic N) is 1. The summed E-state index contributed by atoms with van der Waals surface area (Å²) in [5.74, 6) is -1.73. The number of aliphatic hydroxyl groups is 1. The lowest BCUT2D eigenvalue weighted by Gasteiger charge is -2.27. The van der Waals surface area contributed by atoms with Crippen molar-refractivity contribution < 1.29 is 31.5 Å². The number of benzene rings is 1. The molecular formula is C14H17ClF3N3O4S. The molecule has 2 rings (SSSR count). The number of carbonyl (C=O) groups is 1. The van der Waals surface area contributed by atoms with Crippen molar-refractivity contribution in [2.75, 3.05) is 31.5 Å². The molecule has 12 heteroatoms. The third-order valence-electron chi connectivity index (χ3n) is 3.90. The van der Waals surface area contributed by atoms with E-state index in [1.54, 1.807) is 0 Å². The van der Waals surface area contributed by atoms with E-state index in [9.17, 15) is 31.5 Å². The second kappa shape index (κ2) is 7.31. The molecule has 0 radical (unpaired) electrons. The number of rotatable bonds is 4. The van der Waals surface area contributed by atoms with Crippen LogP contribution in [0.2, 0.25) is 5.02 Å². The lowest BCUT2D eigenvalue weighted by atomic mass is 10.1. The van der Waals surface area contributed by atoms with Crippen LogP contribution in [0.4, 0.5) is 18.9 Å². The van der Waals surface area contributed by atoms with Crippen LogP contribution in [0.3, 0.4) is 0 Å². The van der Waals surface area contributed by atoms with E-state index in [-0.39, 0.29) is 28.7 Å². The average Bonchev–Trinajstić information content (AvgIpc) is 2.56. The standard InChI is InChI=1S/C14H17ClF3N3O4S/c1-13(23,14(16,17)18)12(22)20-11-3-2-9(8-10(11)15)26(24,25)21-6-4-19-5-7-21/h2-3,8,19,23H,4-7H2,1H3,(H,20,22)/t13-/m1/s1. The molecule has 0 aliphatic carbocycles. The van der Waals surface area contributed by atoms with Crippen LogP contribution in [-0.2, 0) is 14.8 Å². The van der Waals surface area contributed by atoms with Gasteiger partial charge in [-0.2, -0.15) is 17.5 Å². The molecule has 0 saturated carbocycles. The fourth-order valence-electron chi connectivity index (χ4n) is 2.16. The summed E-state index contributed by atoms with van der Waals surface area (Å²) >= 11 is 5.91. The monoisotopic (exact) mass is 415 g/mol. The van der Waals surface area contributed by atoms with E-state index < -0.39 is 27.7 Å². The van der Waals surface area contributed by atoms with E-state index in [1.165, 1.54) is 4.31 Å². The van der Waals surface area contributed by atoms with Crippen molar-refractivity contribution in [3.05, 3.63) is 23.2 Å². The topological polar surface area (TPSA) is 98.7 Å². The highest BCUT2D eigenvalue weighted by Gasteiger charge is 2.55. The lowest BCUT2D eigenvalue weighted by Crippen LogP contribution is -2.52. The van der Waals surface area contributed by atoms with Crippen molar-refractivity contribution >= 4 is 33.2 Å². The van der Waals surface area contributed by atoms with Gasteiger partial charge < -0.3 is 15.7 Å². The van der Waals surface area contributed by atoms with Crippen LogP contribution in [0.1, 0.15) is 6.92 Å². The lowest BCUT2D eigenvalue weighted by molar-refractivity contribution is -0.242. The van der Waals surface area contributed by atoms with E-state index >= 15 is 0 Å². The predicted molar refractivity (Wildman–Crippen MR) is 88.4 cm³/mol. The summed E-state index contributed by atoms with van der Waals surface area (Å²) in [6.07, 6.45) is -5.19. The molecule has 3 N–H and O–H groups in total. The zero-order valence-electron chi connectivity index (χ0n) is 13.6. The van der Waals surface area contributed by atoms with E-state index in [1.807, 2.05) is 5.32 Å². The first-order valence-corrected chi connectivity index (χ1v) is 9.30. The summed E-state index contributed by atoms with van der Waals surface area (Å²) in [6, 6.07) is 3.24. The first-order chi connectivity index (χ1) is 11.9. The van der Waals surface area contributed by atoms with Crippen LogP contribution >= 0.6 is 11.6 Å². The van der Waals surface area contributed by atoms with Gasteiger partial charge in [0.1, 0.15) is 0 Å². The van der Waals surface area contributed by atoms with Gasteiger partial charge in [0.05, 0.1) is 15.6 Å². The highest BCUT2D eigenvalue weighted by atomic mass is 35.5. The number of halogens is 4. The fraction of sp³-hybridized carbons (Fsp3) is 0.500. The Balaban J connectivity index is 2.23. The number of anilines is 1. The molecule has 1 aliphatic rings. The van der Waals surface area contributed by atoms with Crippen molar-refractivity contribution in [3.63, 3.8) is 0 Å². The minimum absolute atomic E-state index is 0.148. The van der Waals surface area contributed by atoms with E-state index in [4.69, 9.17) is 11.6 Å². The second-order valence-corrected chi connectivity index (χ2v) is 8.16. The van der Waals surface area contributed by atoms with Crippen LogP contribution in [0.5, 0.6) is 0 Å². The molecule has 0 aromatic heterocycles. The zero-order valence-corrected chi connectivity index (χ0v) is 15.2. The fourth-order valence-corrected chi connectivity index (χ4v) is 3.92. The maximum Gasteiger partial charge on any atom is 0.426 e. The van der Waals surface area contributed by atoms with Gasteiger partial charge in [-0.05, 0) is 25.1 Å². The molecule has 0 unspecified atom stereocenters. The van der Waals surface area contributed by atoms with E-state index in [0.29, 0.717) is 20.0 Å². The number of carbonyl (C=O) groups excluding carboxylic acids is 1. The first kappa shape index (κ1) is 20.9. The molecule has 26 heavy (non-hydrogen) atoms. The number of amides is 1. The van der Waals surface area contributed by atoms with E-state index in [0.717, 1.165) is 18.2 Å². The number of hydrogen-bond donors (Lipinski definition) is 3. The normalized spacial score (nSPS) is 19.0. The number of piperazine rings is 1. The summed E-state index contributed by atoms with van der Waals surface area (Å²) in [4.78, 5) is 11.5. The molecule has 1 aliphatic heterocycles. The minimum atomic E-state index is -5.19. The van der Waals surface area contributed by atoms with Gasteiger partial charge in [-0.25, -0.2) is 8.42 Å². The van der Waals surface area contributed by atoms with Gasteiger partial charge in [0.25, 0.3) is 5.91 Å². The van der Waals surface area contributed by atoms with Gasteiger partial charge in [0.15, 0.2) is 0 Å². The molecule has 1 heterocycles. The third kappa shape index (κ3) is 4.12. The third-order valence-corrected chi connectivity index (χ3v) is 6.10. The maximum atomic E-state index is 12.7. The Morgan fingerprint density at radius 2 is 1.88 bits per heavy atom. The minimum Gasteiger partial charge on any atom is -0.373 e. The van der Waals surface area contributed by atoms with Crippen LogP contribution < -0.4 is 10.6 Å². The van der Waals surface area contributed by atoms with Gasteiger partial charge in [-0.1, -0.05) is 11.6 Å². The summed E-state index contributed by atoms with van der Waals surface area (Å²) < 4.78 is 64.3. The highest BCUT2D eigenvalue weighted by Crippen LogP contribution is 2.33. The van der Waals surface area contributed by atoms with Gasteiger partial charge >= 0.3 is 6.18 Å². The Labute approximate surface area is 153 Å². The molecule has 1 aromatic carbocycles. The van der Waals surface area contributed by atoms with Gasteiger partial charge in [0, 0.05) is 26.2 Å². The summed E-state index contributed by atoms with van der Waals surface area (Å²) in [5.41, 5.74) is -3.87. The Morgan fingerprint density at radius 1 is 1.31 bits per heavy atom. The molecular weight excluding hydrogens is 399 g/mol. The molecule has 0 spiro atoms. The van der Waals surface area contributed by atoms with Gasteiger partial charge in [0.2, 0.25) is 15.6 Å². The zero-order chi connectivity index (χ0) is 19.8. The van der Waals surface area contributed by atoms with Crippen molar-refractivity contribution in [1.29, 1.82) is 0 Å². The smallest absolute Gasteiger partial charge is 0.373 e. The summed E-state index contributed by atoms with van der Waals surface area (Å²) in [6.45, 7) is 1.83. The number of alkyl halides is 3. The molecule has 1 amide bonds. The maximum absolute atomic E-state index is 12.7. The number of nitrogens with one attached hydrogen (secondary N) is 2. The largest absolute Gasteiger partial charge is 0.426 e. The summed E-state index contributed by atoms with van der Waals surface area (Å²) in [5, 5.41) is 13.9. The van der Waals surface area contributed by atoms with Crippen molar-refractivity contribution in [1.82, 2.24) is 9.62 Å². The second-order valence-electron chi connectivity index (χ2n) is 5.82. The van der Waals surface area contributed by atoms with Crippen LogP contribution in [-0.4, -0.2) is 61.7 Å². The molecule has 1 aromatic rings. The van der Waals surface area contributed by atoms with Crippen LogP contribution in [0.25, 0.3) is 0 Å². The number of sulfonamides is 1. The van der Waals surface area contributed by atoms with Crippen molar-refractivity contribution in [2.24, 2.45) is 0 Å². The molecule has 1 atom stereocenters. The first-order valence-electron chi connectivity index (χ1n) is 7.48. The Kier molecular flexibility index (Phi) is 5.88. The van der Waals surface area contributed by atoms with Crippen LogP contribution in [0.15, 0.2) is 23.1 Å². The Bertz CT molecular complexity index is 793. The molecule has 7 nitrogen and oxygen atoms in total. The predicted octanol–water partition coefficient (Wildman–Crippen LogP) is 1.19. The van der Waals surface area contributed by atoms with E-state index in [2.05, 4.69) is 5.32 Å². The van der Waals surface area contributed by atoms with Crippen molar-refractivity contribution in [2.45, 2.75) is 23.6 Å². The molecule has 1 fully saturated rings. The van der Waals surface area contributed by atoms with Crippen LogP contribution in [0, 0.1) is 0 Å². The van der Waals surface area contributed by atoms with Crippen molar-refractivity contribution in [3.8, 4) is 0 Å². The Hall–Kier alpha value is -1.40. The average molecular weight is 416 g/mol. The number of hydrogen-bond acceptors (Lipinski definition) is 5. The molecule has 146 valence electrons. The van der Waals surface area contributed by atoms with Gasteiger partial charge in [-0.3, -0.25) is 4.79 Å².